The number of rotatable bonds is 4. The van der Waals surface area contributed by atoms with Crippen LogP contribution in [0, 0.1) is 0 Å². The SMILES string of the molecule is Nc1ncnc2c1nc(Br)n2[C@@H]1O[C@H](COP(=O)(O)O)[C@@H](O)[C@H]1O.[NaH]. The number of hydrogen-bond acceptors (Lipinski definition) is 9. The Morgan fingerprint density at radius 1 is 1.36 bits per heavy atom. The van der Waals surface area contributed by atoms with Crippen LogP contribution < -0.4 is 5.73 Å². The van der Waals surface area contributed by atoms with E-state index >= 15 is 0 Å². The third-order valence-corrected chi connectivity index (χ3v) is 4.51. The summed E-state index contributed by atoms with van der Waals surface area (Å²) in [5.74, 6) is 0.119. The molecule has 2 aromatic rings. The molecule has 1 aliphatic heterocycles. The summed E-state index contributed by atoms with van der Waals surface area (Å²) < 4.78 is 22.1. The van der Waals surface area contributed by atoms with Crippen molar-refractivity contribution in [3.63, 3.8) is 0 Å². The number of imidazole rings is 1. The molecule has 15 heteroatoms. The molecule has 25 heavy (non-hydrogen) atoms. The molecule has 0 unspecified atom stereocenters. The van der Waals surface area contributed by atoms with Crippen LogP contribution in [0.15, 0.2) is 11.1 Å². The fourth-order valence-corrected chi connectivity index (χ4v) is 3.26. The molecule has 0 aliphatic carbocycles. The first-order valence-electron chi connectivity index (χ1n) is 6.54. The van der Waals surface area contributed by atoms with Crippen molar-refractivity contribution >= 4 is 70.3 Å². The van der Waals surface area contributed by atoms with Gasteiger partial charge in [-0.05, 0) is 15.9 Å². The van der Waals surface area contributed by atoms with Crippen LogP contribution in [-0.4, -0.2) is 94.0 Å². The van der Waals surface area contributed by atoms with Crippen LogP contribution in [0.5, 0.6) is 0 Å². The van der Waals surface area contributed by atoms with Gasteiger partial charge in [-0.25, -0.2) is 19.5 Å². The van der Waals surface area contributed by atoms with Crippen molar-refractivity contribution in [2.75, 3.05) is 12.3 Å². The van der Waals surface area contributed by atoms with Crippen LogP contribution in [0.4, 0.5) is 5.82 Å². The molecule has 1 saturated heterocycles. The summed E-state index contributed by atoms with van der Waals surface area (Å²) in [5.41, 5.74) is 6.23. The van der Waals surface area contributed by atoms with Crippen LogP contribution in [0.1, 0.15) is 6.23 Å². The third-order valence-electron chi connectivity index (χ3n) is 3.46. The zero-order valence-electron chi connectivity index (χ0n) is 11.8. The summed E-state index contributed by atoms with van der Waals surface area (Å²) in [7, 11) is -4.74. The molecule has 1 fully saturated rings. The number of anilines is 1. The second kappa shape index (κ2) is 7.82. The van der Waals surface area contributed by atoms with E-state index in [0.29, 0.717) is 0 Å². The minimum atomic E-state index is -4.74. The van der Waals surface area contributed by atoms with Crippen molar-refractivity contribution in [2.24, 2.45) is 0 Å². The average molecular weight is 450 g/mol. The van der Waals surface area contributed by atoms with E-state index in [4.69, 9.17) is 20.3 Å². The average Bonchev–Trinajstić information content (AvgIpc) is 2.96. The Kier molecular flexibility index (Phi) is 6.61. The van der Waals surface area contributed by atoms with E-state index < -0.39 is 39.0 Å². The maximum atomic E-state index is 10.8. The number of nitrogen functional groups attached to an aromatic ring is 1. The number of phosphoric acid groups is 1. The third kappa shape index (κ3) is 4.22. The second-order valence-corrected chi connectivity index (χ2v) is 6.96. The van der Waals surface area contributed by atoms with Crippen LogP contribution in [0.3, 0.4) is 0 Å². The Hall–Kier alpha value is -0.180. The minimum absolute atomic E-state index is 0. The number of aromatic nitrogens is 4. The number of fused-ring (bicyclic) bond motifs is 1. The van der Waals surface area contributed by atoms with Gasteiger partial charge in [-0.1, -0.05) is 0 Å². The quantitative estimate of drug-likeness (QED) is 0.202. The maximum absolute atomic E-state index is 10.8. The molecular weight excluding hydrogens is 436 g/mol. The van der Waals surface area contributed by atoms with E-state index in [1.165, 1.54) is 10.9 Å². The molecule has 3 rings (SSSR count). The normalized spacial score (nSPS) is 26.8. The van der Waals surface area contributed by atoms with Gasteiger partial charge in [-0.2, -0.15) is 0 Å². The van der Waals surface area contributed by atoms with Gasteiger partial charge in [-0.3, -0.25) is 9.09 Å². The van der Waals surface area contributed by atoms with Crippen molar-refractivity contribution in [1.29, 1.82) is 0 Å². The molecule has 4 atom stereocenters. The number of phosphoric ester groups is 1. The van der Waals surface area contributed by atoms with E-state index in [0.717, 1.165) is 0 Å². The first-order chi connectivity index (χ1) is 11.2. The van der Waals surface area contributed by atoms with E-state index in [9.17, 15) is 14.8 Å². The summed E-state index contributed by atoms with van der Waals surface area (Å²) in [4.78, 5) is 29.4. The van der Waals surface area contributed by atoms with Crippen LogP contribution in [0.2, 0.25) is 0 Å². The predicted molar refractivity (Wildman–Crippen MR) is 88.5 cm³/mol. The van der Waals surface area contributed by atoms with E-state index in [-0.39, 0.29) is 51.3 Å². The van der Waals surface area contributed by atoms with Crippen molar-refractivity contribution in [3.05, 3.63) is 11.1 Å². The Morgan fingerprint density at radius 2 is 2.04 bits per heavy atom. The first-order valence-corrected chi connectivity index (χ1v) is 8.87. The van der Waals surface area contributed by atoms with Crippen molar-refractivity contribution in [2.45, 2.75) is 24.5 Å². The Bertz CT molecular complexity index is 818. The number of ether oxygens (including phenoxy) is 1. The molecule has 0 saturated carbocycles. The van der Waals surface area contributed by atoms with E-state index in [1.54, 1.807) is 0 Å². The number of nitrogens with two attached hydrogens (primary N) is 1. The van der Waals surface area contributed by atoms with Crippen LogP contribution in [0.25, 0.3) is 11.2 Å². The number of aliphatic hydroxyl groups is 2. The number of aliphatic hydroxyl groups excluding tert-OH is 2. The van der Waals surface area contributed by atoms with Crippen molar-refractivity contribution < 1.29 is 33.8 Å². The number of nitrogens with zero attached hydrogens (tertiary/aromatic N) is 4. The number of hydrogen-bond donors (Lipinski definition) is 5. The van der Waals surface area contributed by atoms with Crippen LogP contribution in [-0.2, 0) is 13.8 Å². The second-order valence-electron chi connectivity index (χ2n) is 5.01. The molecule has 0 bridgehead atoms. The molecule has 0 spiro atoms. The fourth-order valence-electron chi connectivity index (χ4n) is 2.38. The van der Waals surface area contributed by atoms with Gasteiger partial charge in [0.1, 0.15) is 24.6 Å². The molecule has 3 heterocycles. The Balaban J connectivity index is 0.00000225. The van der Waals surface area contributed by atoms with E-state index in [1.807, 2.05) is 0 Å². The molecule has 2 aromatic heterocycles. The molecule has 134 valence electrons. The standard InChI is InChI=1S/C10H13BrN5O7P.Na.H/c11-10-15-4-7(12)13-2-14-8(4)16(10)9-6(18)5(17)3(23-9)1-22-24(19,20)21;;/h2-3,5-6,9,17-18H,1H2,(H2,12,13,14)(H2,19,20,21);;/t3-,5-,6-,9-;;/m1../s1. The van der Waals surface area contributed by atoms with Gasteiger partial charge in [0, 0.05) is 0 Å². The molecule has 6 N–H and O–H groups in total. The summed E-state index contributed by atoms with van der Waals surface area (Å²) >= 11 is 3.19. The fraction of sp³-hybridized carbons (Fsp3) is 0.500. The van der Waals surface area contributed by atoms with Crippen molar-refractivity contribution in [1.82, 2.24) is 19.5 Å². The van der Waals surface area contributed by atoms with Crippen LogP contribution >= 0.6 is 23.8 Å². The summed E-state index contributed by atoms with van der Waals surface area (Å²) in [6, 6.07) is 0. The first kappa shape index (κ1) is 21.1. The topological polar surface area (TPSA) is 186 Å². The van der Waals surface area contributed by atoms with E-state index in [2.05, 4.69) is 35.4 Å². The molecule has 0 aromatic carbocycles. The zero-order chi connectivity index (χ0) is 17.6. The Labute approximate surface area is 171 Å². The molecule has 0 radical (unpaired) electrons. The van der Waals surface area contributed by atoms with Gasteiger partial charge < -0.3 is 30.5 Å². The predicted octanol–water partition coefficient (Wildman–Crippen LogP) is -1.75. The zero-order valence-corrected chi connectivity index (χ0v) is 14.3. The van der Waals surface area contributed by atoms with Gasteiger partial charge in [0.05, 0.1) is 6.61 Å². The van der Waals surface area contributed by atoms with Crippen molar-refractivity contribution in [3.8, 4) is 0 Å². The molecule has 12 nitrogen and oxygen atoms in total. The Morgan fingerprint density at radius 3 is 2.68 bits per heavy atom. The number of halogens is 1. The molecule has 0 amide bonds. The van der Waals surface area contributed by atoms with Gasteiger partial charge in [-0.15, -0.1) is 0 Å². The molecular formula is C10H14BrN5NaO7P. The van der Waals surface area contributed by atoms with Gasteiger partial charge in [0.25, 0.3) is 0 Å². The molecule has 1 aliphatic rings. The summed E-state index contributed by atoms with van der Waals surface area (Å²) in [6.45, 7) is -0.611. The summed E-state index contributed by atoms with van der Waals surface area (Å²) in [5, 5.41) is 20.2. The monoisotopic (exact) mass is 449 g/mol. The van der Waals surface area contributed by atoms with Gasteiger partial charge in [0.15, 0.2) is 27.9 Å². The van der Waals surface area contributed by atoms with Gasteiger partial charge >= 0.3 is 37.4 Å². The van der Waals surface area contributed by atoms with Gasteiger partial charge in [0.2, 0.25) is 0 Å². The summed E-state index contributed by atoms with van der Waals surface area (Å²) in [6.07, 6.45) is -3.94.